The van der Waals surface area contributed by atoms with Crippen molar-refractivity contribution < 1.29 is 9.84 Å². The Kier molecular flexibility index (Phi) is 4.21. The summed E-state index contributed by atoms with van der Waals surface area (Å²) in [6, 6.07) is 7.76. The number of para-hydroxylation sites is 1. The second-order valence-electron chi connectivity index (χ2n) is 4.40. The van der Waals surface area contributed by atoms with Crippen molar-refractivity contribution in [2.45, 2.75) is 38.7 Å². The zero-order valence-electron chi connectivity index (χ0n) is 10.4. The Bertz CT molecular complexity index is 396. The van der Waals surface area contributed by atoms with Gasteiger partial charge in [-0.15, -0.1) is 0 Å². The van der Waals surface area contributed by atoms with Crippen molar-refractivity contribution in [3.05, 3.63) is 41.5 Å². The third-order valence-corrected chi connectivity index (χ3v) is 3.19. The van der Waals surface area contributed by atoms with E-state index in [9.17, 15) is 5.11 Å². The van der Waals surface area contributed by atoms with E-state index >= 15 is 0 Å². The molecular weight excluding hydrogens is 212 g/mol. The summed E-state index contributed by atoms with van der Waals surface area (Å²) in [7, 11) is 0. The summed E-state index contributed by atoms with van der Waals surface area (Å²) in [6.07, 6.45) is 6.18. The number of aliphatic hydroxyl groups excluding tert-OH is 1. The molecule has 0 heterocycles. The van der Waals surface area contributed by atoms with Crippen molar-refractivity contribution >= 4 is 0 Å². The van der Waals surface area contributed by atoms with Gasteiger partial charge in [-0.05, 0) is 44.2 Å². The number of hydrogen-bond acceptors (Lipinski definition) is 2. The van der Waals surface area contributed by atoms with Crippen LogP contribution in [-0.4, -0.2) is 11.7 Å². The van der Waals surface area contributed by atoms with E-state index in [2.05, 4.69) is 6.08 Å². The molecule has 0 aromatic heterocycles. The Hall–Kier alpha value is -1.28. The quantitative estimate of drug-likeness (QED) is 0.803. The normalized spacial score (nSPS) is 17.4. The largest absolute Gasteiger partial charge is 0.493 e. The van der Waals surface area contributed by atoms with Crippen LogP contribution in [0.5, 0.6) is 5.75 Å². The molecule has 2 heteroatoms. The molecule has 0 fully saturated rings. The molecule has 0 saturated carbocycles. The Balaban J connectivity index is 2.23. The first-order chi connectivity index (χ1) is 8.33. The molecule has 0 radical (unpaired) electrons. The molecule has 1 aromatic rings. The van der Waals surface area contributed by atoms with Crippen LogP contribution in [0.1, 0.15) is 44.3 Å². The highest BCUT2D eigenvalue weighted by molar-refractivity contribution is 5.39. The van der Waals surface area contributed by atoms with Gasteiger partial charge >= 0.3 is 0 Å². The van der Waals surface area contributed by atoms with Gasteiger partial charge in [-0.3, -0.25) is 0 Å². The van der Waals surface area contributed by atoms with Crippen LogP contribution >= 0.6 is 0 Å². The lowest BCUT2D eigenvalue weighted by Crippen LogP contribution is -2.07. The standard InChI is InChI=1S/C15H20O2/c1-2-17-14-11-7-6-10-13(14)15(16)12-8-4-3-5-9-12/h6-8,10-11,15-16H,2-5,9H2,1H3. The predicted octanol–water partition coefficient (Wildman–Crippen LogP) is 3.62. The fraction of sp³-hybridized carbons (Fsp3) is 0.467. The lowest BCUT2D eigenvalue weighted by atomic mass is 9.91. The predicted molar refractivity (Wildman–Crippen MR) is 69.1 cm³/mol. The number of ether oxygens (including phenoxy) is 1. The van der Waals surface area contributed by atoms with E-state index in [0.29, 0.717) is 6.61 Å². The van der Waals surface area contributed by atoms with Gasteiger partial charge in [0.15, 0.2) is 0 Å². The molecule has 1 aromatic carbocycles. The summed E-state index contributed by atoms with van der Waals surface area (Å²) in [4.78, 5) is 0. The fourth-order valence-corrected chi connectivity index (χ4v) is 2.30. The molecule has 0 amide bonds. The molecule has 1 aliphatic carbocycles. The van der Waals surface area contributed by atoms with E-state index in [1.165, 1.54) is 12.8 Å². The first-order valence-corrected chi connectivity index (χ1v) is 6.41. The molecule has 92 valence electrons. The molecule has 0 spiro atoms. The zero-order chi connectivity index (χ0) is 12.1. The molecule has 1 atom stereocenters. The fourth-order valence-electron chi connectivity index (χ4n) is 2.30. The topological polar surface area (TPSA) is 29.5 Å². The van der Waals surface area contributed by atoms with Crippen LogP contribution in [0.25, 0.3) is 0 Å². The van der Waals surface area contributed by atoms with E-state index in [1.54, 1.807) is 0 Å². The zero-order valence-corrected chi connectivity index (χ0v) is 10.4. The van der Waals surface area contributed by atoms with Crippen molar-refractivity contribution in [2.75, 3.05) is 6.61 Å². The molecule has 0 bridgehead atoms. The minimum atomic E-state index is -0.502. The maximum Gasteiger partial charge on any atom is 0.125 e. The third-order valence-electron chi connectivity index (χ3n) is 3.19. The van der Waals surface area contributed by atoms with Crippen LogP contribution < -0.4 is 4.74 Å². The highest BCUT2D eigenvalue weighted by atomic mass is 16.5. The summed E-state index contributed by atoms with van der Waals surface area (Å²) in [5.41, 5.74) is 2.03. The first kappa shape index (κ1) is 12.2. The number of allylic oxidation sites excluding steroid dienone is 1. The van der Waals surface area contributed by atoms with Crippen molar-refractivity contribution in [1.29, 1.82) is 0 Å². The lowest BCUT2D eigenvalue weighted by Gasteiger charge is -2.21. The maximum absolute atomic E-state index is 10.4. The Labute approximate surface area is 103 Å². The van der Waals surface area contributed by atoms with Crippen LogP contribution in [0.3, 0.4) is 0 Å². The number of aliphatic hydroxyl groups is 1. The van der Waals surface area contributed by atoms with Gasteiger partial charge in [0.25, 0.3) is 0 Å². The van der Waals surface area contributed by atoms with Crippen molar-refractivity contribution in [3.8, 4) is 5.75 Å². The van der Waals surface area contributed by atoms with Gasteiger partial charge < -0.3 is 9.84 Å². The summed E-state index contributed by atoms with van der Waals surface area (Å²) in [5.74, 6) is 0.800. The lowest BCUT2D eigenvalue weighted by molar-refractivity contribution is 0.201. The van der Waals surface area contributed by atoms with E-state index in [0.717, 1.165) is 29.7 Å². The van der Waals surface area contributed by atoms with Crippen LogP contribution in [-0.2, 0) is 0 Å². The van der Waals surface area contributed by atoms with Crippen LogP contribution in [0.15, 0.2) is 35.9 Å². The minimum Gasteiger partial charge on any atom is -0.493 e. The number of hydrogen-bond donors (Lipinski definition) is 1. The molecule has 1 unspecified atom stereocenters. The van der Waals surface area contributed by atoms with Crippen molar-refractivity contribution in [1.82, 2.24) is 0 Å². The van der Waals surface area contributed by atoms with Crippen LogP contribution in [0.4, 0.5) is 0 Å². The third kappa shape index (κ3) is 2.89. The van der Waals surface area contributed by atoms with Crippen molar-refractivity contribution in [3.63, 3.8) is 0 Å². The average molecular weight is 232 g/mol. The van der Waals surface area contributed by atoms with E-state index in [1.807, 2.05) is 31.2 Å². The van der Waals surface area contributed by atoms with Gasteiger partial charge in [0.1, 0.15) is 11.9 Å². The monoisotopic (exact) mass is 232 g/mol. The molecular formula is C15H20O2. The molecule has 0 saturated heterocycles. The second-order valence-corrected chi connectivity index (χ2v) is 4.40. The second kappa shape index (κ2) is 5.87. The van der Waals surface area contributed by atoms with Gasteiger partial charge in [0.05, 0.1) is 6.61 Å². The Morgan fingerprint density at radius 1 is 1.29 bits per heavy atom. The SMILES string of the molecule is CCOc1ccccc1C(O)C1=CCCCC1. The first-order valence-electron chi connectivity index (χ1n) is 6.41. The van der Waals surface area contributed by atoms with Crippen LogP contribution in [0, 0.1) is 0 Å². The smallest absolute Gasteiger partial charge is 0.125 e. The minimum absolute atomic E-state index is 0.502. The molecule has 2 nitrogen and oxygen atoms in total. The van der Waals surface area contributed by atoms with Gasteiger partial charge in [-0.25, -0.2) is 0 Å². The average Bonchev–Trinajstić information content (AvgIpc) is 2.40. The summed E-state index contributed by atoms with van der Waals surface area (Å²) < 4.78 is 5.56. The summed E-state index contributed by atoms with van der Waals surface area (Å²) >= 11 is 0. The van der Waals surface area contributed by atoms with E-state index in [4.69, 9.17) is 4.74 Å². The van der Waals surface area contributed by atoms with Gasteiger partial charge in [-0.2, -0.15) is 0 Å². The highest BCUT2D eigenvalue weighted by Crippen LogP contribution is 2.34. The molecule has 0 aliphatic heterocycles. The van der Waals surface area contributed by atoms with Crippen LogP contribution in [0.2, 0.25) is 0 Å². The van der Waals surface area contributed by atoms with Gasteiger partial charge in [0, 0.05) is 5.56 Å². The maximum atomic E-state index is 10.4. The summed E-state index contributed by atoms with van der Waals surface area (Å²) in [6.45, 7) is 2.59. The number of rotatable bonds is 4. The number of benzene rings is 1. The van der Waals surface area contributed by atoms with E-state index in [-0.39, 0.29) is 0 Å². The summed E-state index contributed by atoms with van der Waals surface area (Å²) in [5, 5.41) is 10.4. The molecule has 1 N–H and O–H groups in total. The molecule has 2 rings (SSSR count). The Morgan fingerprint density at radius 2 is 2.12 bits per heavy atom. The molecule has 17 heavy (non-hydrogen) atoms. The van der Waals surface area contributed by atoms with E-state index < -0.39 is 6.10 Å². The van der Waals surface area contributed by atoms with Gasteiger partial charge in [-0.1, -0.05) is 24.3 Å². The highest BCUT2D eigenvalue weighted by Gasteiger charge is 2.18. The van der Waals surface area contributed by atoms with Crippen molar-refractivity contribution in [2.24, 2.45) is 0 Å². The van der Waals surface area contributed by atoms with Gasteiger partial charge in [0.2, 0.25) is 0 Å². The molecule has 1 aliphatic rings. The Morgan fingerprint density at radius 3 is 2.82 bits per heavy atom.